The van der Waals surface area contributed by atoms with Gasteiger partial charge in [-0.2, -0.15) is 0 Å². The van der Waals surface area contributed by atoms with Gasteiger partial charge in [-0.05, 0) is 43.3 Å². The van der Waals surface area contributed by atoms with Gasteiger partial charge >= 0.3 is 5.97 Å². The second kappa shape index (κ2) is 6.12. The summed E-state index contributed by atoms with van der Waals surface area (Å²) in [6, 6.07) is 15.4. The Morgan fingerprint density at radius 1 is 1.09 bits per heavy atom. The fraction of sp³-hybridized carbons (Fsp3) is 0.222. The monoisotopic (exact) mass is 311 g/mol. The van der Waals surface area contributed by atoms with Crippen molar-refractivity contribution in [2.24, 2.45) is 0 Å². The summed E-state index contributed by atoms with van der Waals surface area (Å²) in [4.78, 5) is 26.2. The Balaban J connectivity index is 1.94. The summed E-state index contributed by atoms with van der Waals surface area (Å²) in [5, 5.41) is 0. The highest BCUT2D eigenvalue weighted by molar-refractivity contribution is 5.98. The van der Waals surface area contributed by atoms with Gasteiger partial charge in [-0.15, -0.1) is 0 Å². The fourth-order valence-electron chi connectivity index (χ4n) is 2.59. The maximum atomic E-state index is 12.8. The number of methoxy groups -OCH3 is 1. The smallest absolute Gasteiger partial charge is 0.330 e. The number of cyclic esters (lactones) is 1. The zero-order valence-electron chi connectivity index (χ0n) is 12.9. The van der Waals surface area contributed by atoms with Gasteiger partial charge in [0, 0.05) is 11.1 Å². The van der Waals surface area contributed by atoms with Crippen molar-refractivity contribution in [3.05, 3.63) is 65.7 Å². The van der Waals surface area contributed by atoms with Crippen LogP contribution in [-0.2, 0) is 9.53 Å². The highest BCUT2D eigenvalue weighted by Gasteiger charge is 2.43. The quantitative estimate of drug-likeness (QED) is 0.818. The van der Waals surface area contributed by atoms with E-state index in [2.05, 4.69) is 0 Å². The van der Waals surface area contributed by atoms with Gasteiger partial charge in [0.15, 0.2) is 0 Å². The van der Waals surface area contributed by atoms with Crippen LogP contribution in [0.4, 0.5) is 0 Å². The lowest BCUT2D eigenvalue weighted by Crippen LogP contribution is -2.37. The Morgan fingerprint density at radius 3 is 2.35 bits per heavy atom. The van der Waals surface area contributed by atoms with E-state index in [0.29, 0.717) is 11.3 Å². The van der Waals surface area contributed by atoms with Gasteiger partial charge < -0.3 is 9.47 Å². The Morgan fingerprint density at radius 2 is 1.74 bits per heavy atom. The summed E-state index contributed by atoms with van der Waals surface area (Å²) in [7, 11) is 1.58. The zero-order valence-corrected chi connectivity index (χ0v) is 12.9. The second-order valence-electron chi connectivity index (χ2n) is 5.32. The lowest BCUT2D eigenvalue weighted by molar-refractivity contribution is -0.142. The first-order valence-corrected chi connectivity index (χ1v) is 7.34. The van der Waals surface area contributed by atoms with E-state index in [-0.39, 0.29) is 5.91 Å². The number of hydrogen-bond donors (Lipinski definition) is 0. The largest absolute Gasteiger partial charge is 0.497 e. The fourth-order valence-corrected chi connectivity index (χ4v) is 2.59. The minimum Gasteiger partial charge on any atom is -0.497 e. The molecular formula is C18H17NO4. The molecule has 0 unspecified atom stereocenters. The van der Waals surface area contributed by atoms with E-state index >= 15 is 0 Å². The number of carbonyl (C=O) groups is 2. The van der Waals surface area contributed by atoms with Crippen LogP contribution >= 0.6 is 0 Å². The van der Waals surface area contributed by atoms with E-state index in [1.807, 2.05) is 6.07 Å². The van der Waals surface area contributed by atoms with Gasteiger partial charge in [0.2, 0.25) is 6.23 Å². The molecule has 23 heavy (non-hydrogen) atoms. The molecule has 0 aliphatic carbocycles. The van der Waals surface area contributed by atoms with Gasteiger partial charge in [-0.3, -0.25) is 9.69 Å². The number of ether oxygens (including phenoxy) is 2. The number of esters is 1. The highest BCUT2D eigenvalue weighted by Crippen LogP contribution is 2.33. The topological polar surface area (TPSA) is 55.8 Å². The van der Waals surface area contributed by atoms with Crippen molar-refractivity contribution >= 4 is 11.9 Å². The molecule has 1 aliphatic heterocycles. The molecule has 1 fully saturated rings. The molecule has 2 aromatic rings. The summed E-state index contributed by atoms with van der Waals surface area (Å²) in [6.45, 7) is 1.67. The standard InChI is InChI=1S/C18H17NO4/c1-12-18(21)23-17(14-8-10-15(22-2)11-9-14)19(12)16(20)13-6-4-3-5-7-13/h3-12,17H,1-2H3/t12-,17-/m0/s1. The molecule has 3 rings (SSSR count). The molecular weight excluding hydrogens is 294 g/mol. The van der Waals surface area contributed by atoms with E-state index < -0.39 is 18.2 Å². The minimum absolute atomic E-state index is 0.232. The minimum atomic E-state index is -0.726. The lowest BCUT2D eigenvalue weighted by Gasteiger charge is -2.25. The van der Waals surface area contributed by atoms with E-state index in [1.165, 1.54) is 4.90 Å². The molecule has 5 nitrogen and oxygen atoms in total. The van der Waals surface area contributed by atoms with Crippen LogP contribution in [0.15, 0.2) is 54.6 Å². The van der Waals surface area contributed by atoms with Crippen molar-refractivity contribution in [1.82, 2.24) is 4.90 Å². The molecule has 5 heteroatoms. The van der Waals surface area contributed by atoms with Gasteiger partial charge in [-0.25, -0.2) is 4.79 Å². The van der Waals surface area contributed by atoms with E-state index in [4.69, 9.17) is 9.47 Å². The number of hydrogen-bond acceptors (Lipinski definition) is 4. The molecule has 0 aromatic heterocycles. The molecule has 0 N–H and O–H groups in total. The van der Waals surface area contributed by atoms with Crippen LogP contribution in [0, 0.1) is 0 Å². The van der Waals surface area contributed by atoms with Gasteiger partial charge in [-0.1, -0.05) is 18.2 Å². The normalized spacial score (nSPS) is 20.3. The molecule has 0 bridgehead atoms. The second-order valence-corrected chi connectivity index (χ2v) is 5.32. The third kappa shape index (κ3) is 2.77. The molecule has 2 atom stereocenters. The van der Waals surface area contributed by atoms with E-state index in [0.717, 1.165) is 5.56 Å². The molecule has 1 saturated heterocycles. The SMILES string of the molecule is COc1ccc([C@@H]2OC(=O)[C@H](C)N2C(=O)c2ccccc2)cc1. The molecule has 1 heterocycles. The van der Waals surface area contributed by atoms with E-state index in [9.17, 15) is 9.59 Å². The van der Waals surface area contributed by atoms with Gasteiger partial charge in [0.05, 0.1) is 7.11 Å². The van der Waals surface area contributed by atoms with Crippen molar-refractivity contribution in [2.75, 3.05) is 7.11 Å². The summed E-state index contributed by atoms with van der Waals surface area (Å²) >= 11 is 0. The van der Waals surface area contributed by atoms with Crippen LogP contribution in [0.2, 0.25) is 0 Å². The van der Waals surface area contributed by atoms with Crippen molar-refractivity contribution in [3.8, 4) is 5.75 Å². The highest BCUT2D eigenvalue weighted by atomic mass is 16.6. The van der Waals surface area contributed by atoms with Crippen LogP contribution in [0.25, 0.3) is 0 Å². The molecule has 118 valence electrons. The third-order valence-electron chi connectivity index (χ3n) is 3.90. The Labute approximate surface area is 134 Å². The van der Waals surface area contributed by atoms with Gasteiger partial charge in [0.1, 0.15) is 11.8 Å². The Hall–Kier alpha value is -2.82. The van der Waals surface area contributed by atoms with Crippen LogP contribution < -0.4 is 4.74 Å². The summed E-state index contributed by atoms with van der Waals surface area (Å²) < 4.78 is 10.5. The third-order valence-corrected chi connectivity index (χ3v) is 3.90. The predicted molar refractivity (Wildman–Crippen MR) is 83.9 cm³/mol. The molecule has 1 aliphatic rings. The average Bonchev–Trinajstić information content (AvgIpc) is 2.90. The maximum Gasteiger partial charge on any atom is 0.330 e. The number of nitrogens with zero attached hydrogens (tertiary/aromatic N) is 1. The zero-order chi connectivity index (χ0) is 16.4. The first-order valence-electron chi connectivity index (χ1n) is 7.34. The molecule has 0 saturated carbocycles. The van der Waals surface area contributed by atoms with E-state index in [1.54, 1.807) is 62.6 Å². The average molecular weight is 311 g/mol. The molecule has 0 spiro atoms. The lowest BCUT2D eigenvalue weighted by atomic mass is 10.1. The van der Waals surface area contributed by atoms with Crippen LogP contribution in [0.1, 0.15) is 29.1 Å². The number of benzene rings is 2. The van der Waals surface area contributed by atoms with Crippen LogP contribution in [-0.4, -0.2) is 29.9 Å². The molecule has 0 radical (unpaired) electrons. The first kappa shape index (κ1) is 15.1. The van der Waals surface area contributed by atoms with Crippen LogP contribution in [0.5, 0.6) is 5.75 Å². The van der Waals surface area contributed by atoms with Crippen LogP contribution in [0.3, 0.4) is 0 Å². The number of rotatable bonds is 3. The first-order chi connectivity index (χ1) is 11.1. The maximum absolute atomic E-state index is 12.8. The summed E-state index contributed by atoms with van der Waals surface area (Å²) in [5.41, 5.74) is 1.25. The number of carbonyl (C=O) groups excluding carboxylic acids is 2. The summed E-state index contributed by atoms with van der Waals surface area (Å²) in [6.07, 6.45) is -0.726. The van der Waals surface area contributed by atoms with Crippen molar-refractivity contribution in [3.63, 3.8) is 0 Å². The van der Waals surface area contributed by atoms with Crippen molar-refractivity contribution in [1.29, 1.82) is 0 Å². The van der Waals surface area contributed by atoms with Gasteiger partial charge in [0.25, 0.3) is 5.91 Å². The molecule has 1 amide bonds. The Kier molecular flexibility index (Phi) is 4.02. The van der Waals surface area contributed by atoms with Crippen molar-refractivity contribution < 1.29 is 19.1 Å². The number of amides is 1. The predicted octanol–water partition coefficient (Wildman–Crippen LogP) is 2.78. The van der Waals surface area contributed by atoms with Crippen molar-refractivity contribution in [2.45, 2.75) is 19.2 Å². The summed E-state index contributed by atoms with van der Waals surface area (Å²) in [5.74, 6) is 0.0620. The molecule has 2 aromatic carbocycles. The Bertz CT molecular complexity index is 712.